The van der Waals surface area contributed by atoms with Gasteiger partial charge in [0.2, 0.25) is 0 Å². The molecule has 4 nitrogen and oxygen atoms in total. The number of methoxy groups -OCH3 is 1. The summed E-state index contributed by atoms with van der Waals surface area (Å²) in [6.45, 7) is 1.93. The molecule has 5 heteroatoms. The average Bonchev–Trinajstić information content (AvgIpc) is 2.55. The minimum Gasteiger partial charge on any atom is -0.769 e. The minimum absolute atomic E-state index is 0.0312. The largest absolute Gasteiger partial charge is 0.769 e. The van der Waals surface area contributed by atoms with Gasteiger partial charge in [0.1, 0.15) is 0 Å². The number of pyridine rings is 1. The summed E-state index contributed by atoms with van der Waals surface area (Å²) in [5, 5.41) is 0. The summed E-state index contributed by atoms with van der Waals surface area (Å²) in [5.41, 5.74) is 1.51. The first-order chi connectivity index (χ1) is 10.5. The smallest absolute Gasteiger partial charge is 0.402 e. The summed E-state index contributed by atoms with van der Waals surface area (Å²) in [7, 11) is 1.25. The van der Waals surface area contributed by atoms with Gasteiger partial charge in [-0.25, -0.2) is 4.79 Å². The van der Waals surface area contributed by atoms with Gasteiger partial charge in [0.05, 0.1) is 7.11 Å². The lowest BCUT2D eigenvalue weighted by Crippen LogP contribution is -2.38. The predicted octanol–water partition coefficient (Wildman–Crippen LogP) is 2.05. The number of rotatable bonds is 4. The van der Waals surface area contributed by atoms with Crippen molar-refractivity contribution >= 4 is 30.1 Å². The fourth-order valence-corrected chi connectivity index (χ4v) is 2.21. The number of carbonyl (C=O) groups is 2. The van der Waals surface area contributed by atoms with Crippen LogP contribution in [-0.2, 0) is 22.2 Å². The van der Waals surface area contributed by atoms with Crippen LogP contribution in [0, 0.1) is 6.92 Å². The van der Waals surface area contributed by atoms with E-state index < -0.39 is 5.97 Å². The molecule has 1 aromatic carbocycles. The Morgan fingerprint density at radius 3 is 2.18 bits per heavy atom. The molecule has 0 saturated carbocycles. The zero-order valence-corrected chi connectivity index (χ0v) is 13.1. The van der Waals surface area contributed by atoms with Crippen LogP contribution in [0.5, 0.6) is 0 Å². The zero-order chi connectivity index (χ0) is 16.1. The second-order valence-electron chi connectivity index (χ2n) is 4.65. The Morgan fingerprint density at radius 1 is 1.05 bits per heavy atom. The fourth-order valence-electron chi connectivity index (χ4n) is 1.90. The maximum Gasteiger partial charge on any atom is 0.402 e. The molecular weight excluding hydrogens is 298 g/mol. The first kappa shape index (κ1) is 15.9. The summed E-state index contributed by atoms with van der Waals surface area (Å²) in [4.78, 5) is 24.5. The van der Waals surface area contributed by atoms with E-state index in [1.165, 1.54) is 11.7 Å². The van der Waals surface area contributed by atoms with Crippen molar-refractivity contribution < 1.29 is 18.9 Å². The van der Waals surface area contributed by atoms with Crippen molar-refractivity contribution in [2.75, 3.05) is 7.11 Å². The minimum atomic E-state index is -0.651. The third-order valence-electron chi connectivity index (χ3n) is 3.09. The number of hydrogen-bond donors (Lipinski definition) is 0. The van der Waals surface area contributed by atoms with Crippen LogP contribution >= 0.6 is 0 Å². The van der Waals surface area contributed by atoms with Gasteiger partial charge in [0, 0.05) is 17.7 Å². The van der Waals surface area contributed by atoms with Crippen molar-refractivity contribution in [3.05, 3.63) is 70.9 Å². The number of aryl methyl sites for hydroxylation is 1. The van der Waals surface area contributed by atoms with E-state index in [1.807, 2.05) is 19.1 Å². The molecule has 0 unspecified atom stereocenters. The first-order valence-corrected chi connectivity index (χ1v) is 7.03. The van der Waals surface area contributed by atoms with E-state index in [4.69, 9.17) is 17.4 Å². The summed E-state index contributed by atoms with van der Waals surface area (Å²) in [6.07, 6.45) is 3.28. The summed E-state index contributed by atoms with van der Waals surface area (Å²) in [5.74, 6) is -1.03. The second kappa shape index (κ2) is 6.95. The van der Waals surface area contributed by atoms with E-state index in [9.17, 15) is 9.59 Å². The Morgan fingerprint density at radius 2 is 1.64 bits per heavy atom. The Kier molecular flexibility index (Phi) is 5.01. The Bertz CT molecular complexity index is 721. The molecule has 2 aromatic rings. The molecule has 112 valence electrons. The SMILES string of the molecule is COC(=O)/C(=C(/[S-])C(=O)c1ccc(C)cc1)[n+]1ccccc1. The lowest BCUT2D eigenvalue weighted by Gasteiger charge is -2.13. The number of ketones is 1. The number of hydrogen-bond acceptors (Lipinski definition) is 4. The zero-order valence-electron chi connectivity index (χ0n) is 12.3. The molecule has 1 heterocycles. The number of benzene rings is 1. The van der Waals surface area contributed by atoms with Crippen LogP contribution in [0.2, 0.25) is 0 Å². The van der Waals surface area contributed by atoms with Gasteiger partial charge < -0.3 is 17.4 Å². The van der Waals surface area contributed by atoms with Crippen LogP contribution in [-0.4, -0.2) is 18.9 Å². The van der Waals surface area contributed by atoms with Gasteiger partial charge in [-0.05, 0) is 11.8 Å². The Labute approximate surface area is 134 Å². The van der Waals surface area contributed by atoms with Crippen molar-refractivity contribution in [2.24, 2.45) is 0 Å². The summed E-state index contributed by atoms with van der Waals surface area (Å²) >= 11 is 5.23. The lowest BCUT2D eigenvalue weighted by atomic mass is 10.1. The van der Waals surface area contributed by atoms with Crippen molar-refractivity contribution in [3.63, 3.8) is 0 Å². The number of aromatic nitrogens is 1. The second-order valence-corrected chi connectivity index (χ2v) is 5.06. The quantitative estimate of drug-likeness (QED) is 0.285. The number of carbonyl (C=O) groups excluding carboxylic acids is 2. The maximum absolute atomic E-state index is 12.5. The number of ether oxygens (including phenoxy) is 1. The Balaban J connectivity index is 2.52. The third-order valence-corrected chi connectivity index (χ3v) is 3.47. The van der Waals surface area contributed by atoms with Gasteiger partial charge in [-0.3, -0.25) is 4.79 Å². The van der Waals surface area contributed by atoms with Crippen LogP contribution in [0.25, 0.3) is 5.70 Å². The highest BCUT2D eigenvalue weighted by molar-refractivity contribution is 7.65. The highest BCUT2D eigenvalue weighted by Gasteiger charge is 2.24. The molecule has 0 radical (unpaired) electrons. The molecule has 0 spiro atoms. The monoisotopic (exact) mass is 313 g/mol. The molecule has 0 aliphatic rings. The number of allylic oxidation sites excluding steroid dienone is 1. The fraction of sp³-hybridized carbons (Fsp3) is 0.118. The average molecular weight is 313 g/mol. The van der Waals surface area contributed by atoms with Gasteiger partial charge in [-0.15, -0.1) is 0 Å². The molecule has 0 aliphatic carbocycles. The van der Waals surface area contributed by atoms with Crippen LogP contribution in [0.4, 0.5) is 0 Å². The van der Waals surface area contributed by atoms with Crippen LogP contribution < -0.4 is 4.57 Å². The van der Waals surface area contributed by atoms with E-state index >= 15 is 0 Å². The molecule has 2 rings (SSSR count). The maximum atomic E-state index is 12.5. The van der Waals surface area contributed by atoms with Gasteiger partial charge >= 0.3 is 5.97 Å². The van der Waals surface area contributed by atoms with Crippen molar-refractivity contribution in [3.8, 4) is 0 Å². The van der Waals surface area contributed by atoms with E-state index in [1.54, 1.807) is 42.7 Å². The normalized spacial score (nSPS) is 11.5. The topological polar surface area (TPSA) is 47.3 Å². The van der Waals surface area contributed by atoms with Crippen molar-refractivity contribution in [2.45, 2.75) is 6.92 Å². The van der Waals surface area contributed by atoms with Gasteiger partial charge in [-0.1, -0.05) is 35.9 Å². The highest BCUT2D eigenvalue weighted by atomic mass is 32.1. The number of Topliss-reactive ketones (excluding diaryl/α,β-unsaturated/α-hetero) is 1. The molecule has 0 saturated heterocycles. The molecule has 0 atom stereocenters. The van der Waals surface area contributed by atoms with E-state index in [2.05, 4.69) is 0 Å². The molecule has 0 N–H and O–H groups in total. The molecule has 0 aliphatic heterocycles. The van der Waals surface area contributed by atoms with E-state index in [-0.39, 0.29) is 16.4 Å². The van der Waals surface area contributed by atoms with Gasteiger partial charge in [-0.2, -0.15) is 4.57 Å². The highest BCUT2D eigenvalue weighted by Crippen LogP contribution is 2.13. The van der Waals surface area contributed by atoms with Crippen LogP contribution in [0.1, 0.15) is 15.9 Å². The molecule has 0 fully saturated rings. The van der Waals surface area contributed by atoms with Crippen LogP contribution in [0.15, 0.2) is 59.8 Å². The molecule has 1 aromatic heterocycles. The van der Waals surface area contributed by atoms with Gasteiger partial charge in [0.15, 0.2) is 18.2 Å². The first-order valence-electron chi connectivity index (χ1n) is 6.62. The number of nitrogens with zero attached hydrogens (tertiary/aromatic N) is 1. The number of esters is 1. The summed E-state index contributed by atoms with van der Waals surface area (Å²) < 4.78 is 6.24. The van der Waals surface area contributed by atoms with Crippen LogP contribution in [0.3, 0.4) is 0 Å². The van der Waals surface area contributed by atoms with Gasteiger partial charge in [0.25, 0.3) is 5.70 Å². The molecule has 0 amide bonds. The summed E-state index contributed by atoms with van der Waals surface area (Å²) in [6, 6.07) is 12.3. The predicted molar refractivity (Wildman–Crippen MR) is 84.7 cm³/mol. The standard InChI is InChI=1S/C17H15NO3S/c1-12-6-8-13(9-7-12)15(19)16(22)14(17(20)21-2)18-10-4-3-5-11-18/h3-11H,1-2H3. The molecular formula is C17H15NO3S. The Hall–Kier alpha value is -2.53. The third kappa shape index (κ3) is 3.38. The van der Waals surface area contributed by atoms with Crippen molar-refractivity contribution in [1.82, 2.24) is 0 Å². The lowest BCUT2D eigenvalue weighted by molar-refractivity contribution is -0.578. The van der Waals surface area contributed by atoms with E-state index in [0.717, 1.165) is 5.56 Å². The van der Waals surface area contributed by atoms with Crippen molar-refractivity contribution in [1.29, 1.82) is 0 Å². The molecule has 0 bridgehead atoms. The molecule has 22 heavy (non-hydrogen) atoms. The van der Waals surface area contributed by atoms with E-state index in [0.29, 0.717) is 5.56 Å².